The van der Waals surface area contributed by atoms with Crippen molar-refractivity contribution in [1.82, 2.24) is 9.55 Å². The molecule has 0 fully saturated rings. The SMILES string of the molecule is Cc1cc2c(cc1F)nc(C)n2COCC[Si](C)(C)C. The van der Waals surface area contributed by atoms with Gasteiger partial charge in [-0.15, -0.1) is 0 Å². The van der Waals surface area contributed by atoms with Crippen LogP contribution >= 0.6 is 0 Å². The fourth-order valence-electron chi connectivity index (χ4n) is 2.07. The molecule has 0 saturated carbocycles. The minimum atomic E-state index is -1.06. The highest BCUT2D eigenvalue weighted by Crippen LogP contribution is 2.20. The Hall–Kier alpha value is -1.20. The van der Waals surface area contributed by atoms with Crippen molar-refractivity contribution in [2.24, 2.45) is 0 Å². The fraction of sp³-hybridized carbons (Fsp3) is 0.533. The van der Waals surface area contributed by atoms with Gasteiger partial charge in [-0.1, -0.05) is 19.6 Å². The van der Waals surface area contributed by atoms with Gasteiger partial charge >= 0.3 is 0 Å². The van der Waals surface area contributed by atoms with Crippen LogP contribution in [0.4, 0.5) is 4.39 Å². The first-order valence-electron chi connectivity index (χ1n) is 6.99. The van der Waals surface area contributed by atoms with Crippen molar-refractivity contribution >= 4 is 19.1 Å². The lowest BCUT2D eigenvalue weighted by molar-refractivity contribution is 0.0885. The lowest BCUT2D eigenvalue weighted by Gasteiger charge is -2.16. The molecule has 0 atom stereocenters. The van der Waals surface area contributed by atoms with Crippen LogP contribution in [0.2, 0.25) is 25.7 Å². The number of fused-ring (bicyclic) bond motifs is 1. The molecule has 0 aliphatic rings. The van der Waals surface area contributed by atoms with Crippen molar-refractivity contribution in [2.75, 3.05) is 6.61 Å². The van der Waals surface area contributed by atoms with E-state index in [9.17, 15) is 4.39 Å². The highest BCUT2D eigenvalue weighted by molar-refractivity contribution is 6.76. The lowest BCUT2D eigenvalue weighted by atomic mass is 10.2. The summed E-state index contributed by atoms with van der Waals surface area (Å²) in [4.78, 5) is 4.39. The van der Waals surface area contributed by atoms with Gasteiger partial charge in [0.05, 0.1) is 11.0 Å². The maximum absolute atomic E-state index is 13.6. The van der Waals surface area contributed by atoms with E-state index in [1.54, 1.807) is 6.92 Å². The zero-order valence-electron chi connectivity index (χ0n) is 13.0. The van der Waals surface area contributed by atoms with Gasteiger partial charge in [0.1, 0.15) is 18.4 Å². The Morgan fingerprint density at radius 1 is 1.25 bits per heavy atom. The molecule has 2 aromatic rings. The van der Waals surface area contributed by atoms with Gasteiger partial charge in [0, 0.05) is 20.7 Å². The molecule has 0 unspecified atom stereocenters. The second kappa shape index (κ2) is 5.66. The molecule has 0 aliphatic heterocycles. The van der Waals surface area contributed by atoms with Gasteiger partial charge in [0.2, 0.25) is 0 Å². The lowest BCUT2D eigenvalue weighted by Crippen LogP contribution is -2.22. The zero-order valence-corrected chi connectivity index (χ0v) is 14.0. The van der Waals surface area contributed by atoms with Gasteiger partial charge in [-0.2, -0.15) is 0 Å². The molecule has 0 bridgehead atoms. The molecule has 0 saturated heterocycles. The number of halogens is 1. The first-order chi connectivity index (χ1) is 9.28. The average Bonchev–Trinajstić information content (AvgIpc) is 2.60. The third-order valence-electron chi connectivity index (χ3n) is 3.44. The molecular weight excluding hydrogens is 271 g/mol. The minimum Gasteiger partial charge on any atom is -0.361 e. The molecule has 0 amide bonds. The third kappa shape index (κ3) is 3.46. The Labute approximate surface area is 120 Å². The molecule has 1 heterocycles. The van der Waals surface area contributed by atoms with E-state index in [0.717, 1.165) is 24.0 Å². The average molecular weight is 294 g/mol. The van der Waals surface area contributed by atoms with Crippen molar-refractivity contribution in [3.63, 3.8) is 0 Å². The van der Waals surface area contributed by atoms with E-state index in [2.05, 4.69) is 24.6 Å². The summed E-state index contributed by atoms with van der Waals surface area (Å²) in [7, 11) is -1.06. The summed E-state index contributed by atoms with van der Waals surface area (Å²) < 4.78 is 21.3. The predicted octanol–water partition coefficient (Wildman–Crippen LogP) is 4.10. The summed E-state index contributed by atoms with van der Waals surface area (Å²) in [6.07, 6.45) is 0. The highest BCUT2D eigenvalue weighted by Gasteiger charge is 2.13. The number of aryl methyl sites for hydroxylation is 2. The van der Waals surface area contributed by atoms with Crippen LogP contribution in [0.3, 0.4) is 0 Å². The number of nitrogens with zero attached hydrogens (tertiary/aromatic N) is 2. The largest absolute Gasteiger partial charge is 0.361 e. The summed E-state index contributed by atoms with van der Waals surface area (Å²) in [6.45, 7) is 12.0. The normalized spacial score (nSPS) is 12.3. The molecule has 0 radical (unpaired) electrons. The number of hydrogen-bond donors (Lipinski definition) is 0. The zero-order chi connectivity index (χ0) is 14.9. The van der Waals surface area contributed by atoms with Gasteiger partial charge in [-0.3, -0.25) is 0 Å². The maximum Gasteiger partial charge on any atom is 0.128 e. The van der Waals surface area contributed by atoms with Gasteiger partial charge in [0.25, 0.3) is 0 Å². The number of aromatic nitrogens is 2. The van der Waals surface area contributed by atoms with E-state index in [1.165, 1.54) is 6.07 Å². The number of imidazole rings is 1. The molecule has 1 aromatic carbocycles. The fourth-order valence-corrected chi connectivity index (χ4v) is 2.82. The molecule has 20 heavy (non-hydrogen) atoms. The van der Waals surface area contributed by atoms with E-state index < -0.39 is 8.07 Å². The van der Waals surface area contributed by atoms with Crippen LogP contribution in [0.25, 0.3) is 11.0 Å². The summed E-state index contributed by atoms with van der Waals surface area (Å²) >= 11 is 0. The molecule has 5 heteroatoms. The van der Waals surface area contributed by atoms with E-state index in [4.69, 9.17) is 4.74 Å². The van der Waals surface area contributed by atoms with Crippen molar-refractivity contribution in [2.45, 2.75) is 46.3 Å². The van der Waals surface area contributed by atoms with Crippen LogP contribution in [-0.4, -0.2) is 24.2 Å². The molecule has 1 aromatic heterocycles. The summed E-state index contributed by atoms with van der Waals surface area (Å²) in [5, 5.41) is 0. The Morgan fingerprint density at radius 3 is 2.60 bits per heavy atom. The number of rotatable bonds is 5. The van der Waals surface area contributed by atoms with Crippen LogP contribution in [0.5, 0.6) is 0 Å². The van der Waals surface area contributed by atoms with Gasteiger partial charge in [-0.25, -0.2) is 9.37 Å². The Balaban J connectivity index is 2.14. The Morgan fingerprint density at radius 2 is 1.95 bits per heavy atom. The number of ether oxygens (including phenoxy) is 1. The van der Waals surface area contributed by atoms with Gasteiger partial charge in [-0.05, 0) is 31.5 Å². The van der Waals surface area contributed by atoms with E-state index >= 15 is 0 Å². The van der Waals surface area contributed by atoms with Crippen LogP contribution in [0.1, 0.15) is 11.4 Å². The monoisotopic (exact) mass is 294 g/mol. The quantitative estimate of drug-likeness (QED) is 0.613. The third-order valence-corrected chi connectivity index (χ3v) is 5.14. The van der Waals surface area contributed by atoms with Crippen molar-refractivity contribution in [1.29, 1.82) is 0 Å². The van der Waals surface area contributed by atoms with Crippen LogP contribution < -0.4 is 0 Å². The molecule has 0 aliphatic carbocycles. The number of benzene rings is 1. The second-order valence-electron chi connectivity index (χ2n) is 6.53. The van der Waals surface area contributed by atoms with Crippen LogP contribution in [0.15, 0.2) is 12.1 Å². The van der Waals surface area contributed by atoms with E-state index in [-0.39, 0.29) is 5.82 Å². The summed E-state index contributed by atoms with van der Waals surface area (Å²) in [6, 6.07) is 4.48. The maximum atomic E-state index is 13.6. The Kier molecular flexibility index (Phi) is 4.30. The van der Waals surface area contributed by atoms with E-state index in [1.807, 2.05) is 17.6 Å². The predicted molar refractivity (Wildman–Crippen MR) is 83.3 cm³/mol. The topological polar surface area (TPSA) is 27.1 Å². The molecule has 3 nitrogen and oxygen atoms in total. The number of hydrogen-bond acceptors (Lipinski definition) is 2. The van der Waals surface area contributed by atoms with Crippen molar-refractivity contribution in [3.8, 4) is 0 Å². The van der Waals surface area contributed by atoms with E-state index in [0.29, 0.717) is 17.8 Å². The standard InChI is InChI=1S/C15H23FN2OSi/c1-11-8-15-14(9-13(11)16)17-12(2)18(15)10-19-6-7-20(3,4)5/h8-9H,6-7,10H2,1-5H3. The molecule has 0 spiro atoms. The molecule has 0 N–H and O–H groups in total. The smallest absolute Gasteiger partial charge is 0.128 e. The second-order valence-corrected chi connectivity index (χ2v) is 12.1. The summed E-state index contributed by atoms with van der Waals surface area (Å²) in [5.74, 6) is 0.653. The molecule has 110 valence electrons. The summed E-state index contributed by atoms with van der Waals surface area (Å²) in [5.41, 5.74) is 2.27. The van der Waals surface area contributed by atoms with Crippen LogP contribution in [0, 0.1) is 19.7 Å². The first kappa shape index (κ1) is 15.2. The highest BCUT2D eigenvalue weighted by atomic mass is 28.3. The molecular formula is C15H23FN2OSi. The van der Waals surface area contributed by atoms with Crippen molar-refractivity contribution < 1.29 is 9.13 Å². The van der Waals surface area contributed by atoms with Crippen molar-refractivity contribution in [3.05, 3.63) is 29.3 Å². The van der Waals surface area contributed by atoms with Crippen LogP contribution in [-0.2, 0) is 11.5 Å². The minimum absolute atomic E-state index is 0.207. The Bertz CT molecular complexity index is 616. The first-order valence-corrected chi connectivity index (χ1v) is 10.7. The molecule has 2 rings (SSSR count). The van der Waals surface area contributed by atoms with Gasteiger partial charge < -0.3 is 9.30 Å². The van der Waals surface area contributed by atoms with Gasteiger partial charge in [0.15, 0.2) is 0 Å².